The second-order valence-electron chi connectivity index (χ2n) is 9.45. The molecule has 0 spiro atoms. The molecule has 0 radical (unpaired) electrons. The van der Waals surface area contributed by atoms with E-state index in [0.717, 1.165) is 50.0 Å². The van der Waals surface area contributed by atoms with Crippen molar-refractivity contribution in [1.29, 1.82) is 0 Å². The highest BCUT2D eigenvalue weighted by atomic mass is 16.3. The van der Waals surface area contributed by atoms with Crippen LogP contribution >= 0.6 is 0 Å². The molecule has 7 rings (SSSR count). The van der Waals surface area contributed by atoms with Crippen molar-refractivity contribution in [1.82, 2.24) is 9.55 Å². The topological polar surface area (TPSA) is 31.0 Å². The number of fused-ring (bicyclic) bond motifs is 5. The van der Waals surface area contributed by atoms with E-state index < -0.39 is 0 Å². The van der Waals surface area contributed by atoms with Crippen molar-refractivity contribution in [3.8, 4) is 17.1 Å². The molecule has 0 aliphatic rings. The number of para-hydroxylation sites is 4. The number of rotatable bonds is 3. The van der Waals surface area contributed by atoms with Gasteiger partial charge in [0.2, 0.25) is 0 Å². The predicted octanol–water partition coefficient (Wildman–Crippen LogP) is 8.87. The molecule has 0 saturated carbocycles. The number of benzene rings is 5. The summed E-state index contributed by atoms with van der Waals surface area (Å²) < 4.78 is 8.74. The Labute approximate surface area is 203 Å². The van der Waals surface area contributed by atoms with E-state index in [9.17, 15) is 0 Å². The Kier molecular flexibility index (Phi) is 4.34. The first-order valence-corrected chi connectivity index (χ1v) is 12.1. The molecule has 0 amide bonds. The summed E-state index contributed by atoms with van der Waals surface area (Å²) in [4.78, 5) is 5.16. The Hall–Kier alpha value is -4.37. The van der Waals surface area contributed by atoms with E-state index in [-0.39, 0.29) is 0 Å². The second kappa shape index (κ2) is 7.57. The normalized spacial score (nSPS) is 12.0. The van der Waals surface area contributed by atoms with Crippen LogP contribution in [0.15, 0.2) is 108 Å². The van der Waals surface area contributed by atoms with Crippen molar-refractivity contribution in [3.05, 3.63) is 109 Å². The lowest BCUT2D eigenvalue weighted by molar-refractivity contribution is 0.669. The van der Waals surface area contributed by atoms with Gasteiger partial charge in [0.15, 0.2) is 0 Å². The number of hydrogen-bond donors (Lipinski definition) is 0. The number of furan rings is 1. The fraction of sp³-hybridized carbons (Fsp3) is 0.0938. The summed E-state index contributed by atoms with van der Waals surface area (Å²) in [5, 5.41) is 4.71. The van der Waals surface area contributed by atoms with Gasteiger partial charge < -0.3 is 4.42 Å². The van der Waals surface area contributed by atoms with E-state index in [4.69, 9.17) is 9.40 Å². The summed E-state index contributed by atoms with van der Waals surface area (Å²) in [5.41, 5.74) is 7.28. The Morgan fingerprint density at radius 1 is 0.714 bits per heavy atom. The van der Waals surface area contributed by atoms with Gasteiger partial charge in [0.1, 0.15) is 17.0 Å². The second-order valence-corrected chi connectivity index (χ2v) is 9.45. The van der Waals surface area contributed by atoms with Crippen LogP contribution < -0.4 is 0 Å². The molecule has 0 N–H and O–H groups in total. The maximum atomic E-state index is 6.42. The number of imidazole rings is 1. The third-order valence-corrected chi connectivity index (χ3v) is 6.96. The van der Waals surface area contributed by atoms with Gasteiger partial charge in [0.25, 0.3) is 0 Å². The van der Waals surface area contributed by atoms with E-state index in [2.05, 4.69) is 109 Å². The highest BCUT2D eigenvalue weighted by Gasteiger charge is 2.21. The van der Waals surface area contributed by atoms with Crippen molar-refractivity contribution in [3.63, 3.8) is 0 Å². The minimum Gasteiger partial charge on any atom is -0.455 e. The SMILES string of the molecule is CC(C)c1cc2ccccc2cc1-n1c(-c2cccc3c2oc2ccccc23)nc2ccccc21. The maximum Gasteiger partial charge on any atom is 0.149 e. The fourth-order valence-corrected chi connectivity index (χ4v) is 5.28. The average Bonchev–Trinajstić information content (AvgIpc) is 3.46. The van der Waals surface area contributed by atoms with Gasteiger partial charge in [-0.15, -0.1) is 0 Å². The van der Waals surface area contributed by atoms with Crippen molar-refractivity contribution < 1.29 is 4.42 Å². The van der Waals surface area contributed by atoms with Crippen molar-refractivity contribution in [2.45, 2.75) is 19.8 Å². The Balaban J connectivity index is 1.61. The van der Waals surface area contributed by atoms with E-state index >= 15 is 0 Å². The summed E-state index contributed by atoms with van der Waals surface area (Å²) in [6.07, 6.45) is 0. The van der Waals surface area contributed by atoms with Gasteiger partial charge in [0, 0.05) is 10.8 Å². The average molecular weight is 453 g/mol. The quantitative estimate of drug-likeness (QED) is 0.268. The molecule has 3 nitrogen and oxygen atoms in total. The van der Waals surface area contributed by atoms with E-state index in [1.165, 1.54) is 16.3 Å². The van der Waals surface area contributed by atoms with Crippen LogP contribution in [-0.4, -0.2) is 9.55 Å². The molecular weight excluding hydrogens is 428 g/mol. The number of nitrogens with zero attached hydrogens (tertiary/aromatic N) is 2. The van der Waals surface area contributed by atoms with Crippen molar-refractivity contribution in [2.24, 2.45) is 0 Å². The third-order valence-electron chi connectivity index (χ3n) is 6.96. The number of hydrogen-bond acceptors (Lipinski definition) is 2. The first-order valence-electron chi connectivity index (χ1n) is 12.1. The third kappa shape index (κ3) is 3.01. The zero-order valence-electron chi connectivity index (χ0n) is 19.7. The molecule has 7 aromatic rings. The van der Waals surface area contributed by atoms with Gasteiger partial charge in [-0.1, -0.05) is 80.6 Å². The molecule has 2 heterocycles. The van der Waals surface area contributed by atoms with Gasteiger partial charge in [-0.2, -0.15) is 0 Å². The standard InChI is InChI=1S/C32H24N2O/c1-20(2)26-18-21-10-3-4-11-22(21)19-29(26)34-28-16-7-6-15-27(28)33-32(34)25-14-9-13-24-23-12-5-8-17-30(23)35-31(24)25/h3-20H,1-2H3. The van der Waals surface area contributed by atoms with Crippen LogP contribution in [0.4, 0.5) is 0 Å². The Morgan fingerprint density at radius 2 is 1.43 bits per heavy atom. The van der Waals surface area contributed by atoms with Crippen LogP contribution in [-0.2, 0) is 0 Å². The lowest BCUT2D eigenvalue weighted by Gasteiger charge is -2.18. The highest BCUT2D eigenvalue weighted by Crippen LogP contribution is 2.39. The fourth-order valence-electron chi connectivity index (χ4n) is 5.28. The van der Waals surface area contributed by atoms with E-state index in [1.807, 2.05) is 12.1 Å². The molecule has 0 aliphatic heterocycles. The zero-order chi connectivity index (χ0) is 23.5. The summed E-state index contributed by atoms with van der Waals surface area (Å²) in [6.45, 7) is 4.51. The van der Waals surface area contributed by atoms with Gasteiger partial charge in [-0.05, 0) is 58.7 Å². The highest BCUT2D eigenvalue weighted by molar-refractivity contribution is 6.09. The molecule has 0 aliphatic carbocycles. The minimum absolute atomic E-state index is 0.352. The largest absolute Gasteiger partial charge is 0.455 e. The van der Waals surface area contributed by atoms with Crippen LogP contribution in [0.3, 0.4) is 0 Å². The van der Waals surface area contributed by atoms with Crippen LogP contribution in [0, 0.1) is 0 Å². The Morgan fingerprint density at radius 3 is 2.29 bits per heavy atom. The smallest absolute Gasteiger partial charge is 0.149 e. The van der Waals surface area contributed by atoms with Gasteiger partial charge in [-0.25, -0.2) is 4.98 Å². The summed E-state index contributed by atoms with van der Waals surface area (Å²) in [7, 11) is 0. The molecule has 0 saturated heterocycles. The van der Waals surface area contributed by atoms with Crippen LogP contribution in [0.1, 0.15) is 25.3 Å². The lowest BCUT2D eigenvalue weighted by atomic mass is 9.96. The first kappa shape index (κ1) is 20.0. The van der Waals surface area contributed by atoms with Crippen molar-refractivity contribution >= 4 is 43.7 Å². The summed E-state index contributed by atoms with van der Waals surface area (Å²) >= 11 is 0. The van der Waals surface area contributed by atoms with Crippen LogP contribution in [0.25, 0.3) is 60.8 Å². The van der Waals surface area contributed by atoms with Gasteiger partial charge >= 0.3 is 0 Å². The maximum absolute atomic E-state index is 6.42. The Bertz CT molecular complexity index is 1890. The van der Waals surface area contributed by atoms with E-state index in [0.29, 0.717) is 5.92 Å². The van der Waals surface area contributed by atoms with E-state index in [1.54, 1.807) is 0 Å². The molecule has 35 heavy (non-hydrogen) atoms. The van der Waals surface area contributed by atoms with Crippen LogP contribution in [0.5, 0.6) is 0 Å². The van der Waals surface area contributed by atoms with Gasteiger partial charge in [-0.3, -0.25) is 4.57 Å². The zero-order valence-corrected chi connectivity index (χ0v) is 19.7. The molecule has 0 unspecified atom stereocenters. The molecule has 0 bridgehead atoms. The predicted molar refractivity (Wildman–Crippen MR) is 145 cm³/mol. The molecule has 2 aromatic heterocycles. The minimum atomic E-state index is 0.352. The molecule has 0 atom stereocenters. The molecule has 3 heteroatoms. The molecular formula is C32H24N2O. The molecule has 168 valence electrons. The monoisotopic (exact) mass is 452 g/mol. The van der Waals surface area contributed by atoms with Crippen molar-refractivity contribution in [2.75, 3.05) is 0 Å². The first-order chi connectivity index (χ1) is 17.2. The molecule has 5 aromatic carbocycles. The summed E-state index contributed by atoms with van der Waals surface area (Å²) in [5.74, 6) is 1.25. The number of aromatic nitrogens is 2. The van der Waals surface area contributed by atoms with Gasteiger partial charge in [0.05, 0.1) is 22.3 Å². The van der Waals surface area contributed by atoms with Crippen LogP contribution in [0.2, 0.25) is 0 Å². The molecule has 0 fully saturated rings. The summed E-state index contributed by atoms with van der Waals surface area (Å²) in [6, 6.07) is 36.2. The lowest BCUT2D eigenvalue weighted by Crippen LogP contribution is -2.04.